The zero-order chi connectivity index (χ0) is 9.54. The Morgan fingerprint density at radius 1 is 1.21 bits per heavy atom. The second-order valence-corrected chi connectivity index (χ2v) is 3.67. The molecule has 0 spiro atoms. The summed E-state index contributed by atoms with van der Waals surface area (Å²) in [5, 5.41) is 3.07. The van der Waals surface area contributed by atoms with Crippen LogP contribution in [0.25, 0.3) is 21.8 Å². The Kier molecular flexibility index (Phi) is 1.52. The van der Waals surface area contributed by atoms with Crippen molar-refractivity contribution in [2.75, 3.05) is 0 Å². The number of hydrogen-bond acceptors (Lipinski definition) is 1. The second-order valence-electron chi connectivity index (χ2n) is 3.24. The van der Waals surface area contributed by atoms with Crippen molar-refractivity contribution in [3.8, 4) is 0 Å². The summed E-state index contributed by atoms with van der Waals surface area (Å²) >= 11 is 5.95. The topological polar surface area (TPSA) is 28.7 Å². The first-order valence-corrected chi connectivity index (χ1v) is 4.73. The quantitative estimate of drug-likeness (QED) is 0.598. The number of benzene rings is 1. The molecule has 0 saturated carbocycles. The summed E-state index contributed by atoms with van der Waals surface area (Å²) in [5.41, 5.74) is 2.14. The van der Waals surface area contributed by atoms with Crippen molar-refractivity contribution < 1.29 is 0 Å². The third kappa shape index (κ3) is 1.01. The molecule has 0 aliphatic rings. The largest absolute Gasteiger partial charge is 0.353 e. The zero-order valence-corrected chi connectivity index (χ0v) is 8.05. The number of H-pyrrole nitrogens is 1. The molecule has 2 aromatic heterocycles. The van der Waals surface area contributed by atoms with E-state index in [1.165, 1.54) is 0 Å². The van der Waals surface area contributed by atoms with E-state index >= 15 is 0 Å². The molecular formula is C11H7ClN2. The number of fused-ring (bicyclic) bond motifs is 3. The van der Waals surface area contributed by atoms with Crippen LogP contribution in [0.4, 0.5) is 0 Å². The zero-order valence-electron chi connectivity index (χ0n) is 7.29. The molecule has 1 aromatic carbocycles. The van der Waals surface area contributed by atoms with Crippen molar-refractivity contribution in [1.29, 1.82) is 0 Å². The van der Waals surface area contributed by atoms with E-state index < -0.39 is 0 Å². The summed E-state index contributed by atoms with van der Waals surface area (Å²) < 4.78 is 0. The Labute approximate surface area is 85.5 Å². The molecule has 0 saturated heterocycles. The molecule has 0 radical (unpaired) electrons. The fourth-order valence-electron chi connectivity index (χ4n) is 1.72. The number of nitrogens with zero attached hydrogens (tertiary/aromatic N) is 1. The maximum absolute atomic E-state index is 5.95. The molecule has 0 aliphatic carbocycles. The van der Waals surface area contributed by atoms with Crippen LogP contribution in [0, 0.1) is 0 Å². The minimum absolute atomic E-state index is 0.759. The highest BCUT2D eigenvalue weighted by atomic mass is 35.5. The van der Waals surface area contributed by atoms with Gasteiger partial charge in [0.2, 0.25) is 0 Å². The van der Waals surface area contributed by atoms with Crippen molar-refractivity contribution in [1.82, 2.24) is 9.97 Å². The standard InChI is InChI=1S/C11H7ClN2/c12-7-1-2-10-9(5-7)8-3-4-13-6-11(8)14-10/h1-6,14H/i6+2. The summed E-state index contributed by atoms with van der Waals surface area (Å²) in [7, 11) is 0. The van der Waals surface area contributed by atoms with Crippen LogP contribution < -0.4 is 0 Å². The molecule has 68 valence electrons. The van der Waals surface area contributed by atoms with Crippen molar-refractivity contribution >= 4 is 33.4 Å². The Balaban J connectivity index is 2.58. The van der Waals surface area contributed by atoms with Gasteiger partial charge in [0.25, 0.3) is 0 Å². The van der Waals surface area contributed by atoms with Crippen LogP contribution in [0.5, 0.6) is 0 Å². The van der Waals surface area contributed by atoms with Gasteiger partial charge in [0.15, 0.2) is 0 Å². The first kappa shape index (κ1) is 7.83. The average Bonchev–Trinajstić information content (AvgIpc) is 2.56. The van der Waals surface area contributed by atoms with Crippen LogP contribution >= 0.6 is 11.6 Å². The molecule has 0 bridgehead atoms. The molecule has 3 rings (SSSR count). The molecule has 0 amide bonds. The summed E-state index contributed by atoms with van der Waals surface area (Å²) in [6, 6.07) is 7.82. The number of pyridine rings is 1. The highest BCUT2D eigenvalue weighted by Crippen LogP contribution is 2.26. The van der Waals surface area contributed by atoms with Crippen LogP contribution in [0.2, 0.25) is 5.02 Å². The first-order valence-electron chi connectivity index (χ1n) is 4.35. The van der Waals surface area contributed by atoms with E-state index in [-0.39, 0.29) is 0 Å². The molecule has 2 heterocycles. The van der Waals surface area contributed by atoms with Gasteiger partial charge in [-0.05, 0) is 24.3 Å². The molecule has 2 nitrogen and oxygen atoms in total. The van der Waals surface area contributed by atoms with Gasteiger partial charge in [-0.25, -0.2) is 0 Å². The van der Waals surface area contributed by atoms with E-state index in [1.54, 1.807) is 6.20 Å². The number of rotatable bonds is 0. The lowest BCUT2D eigenvalue weighted by Crippen LogP contribution is -1.69. The second kappa shape index (κ2) is 2.72. The molecular weight excluding hydrogens is 198 g/mol. The van der Waals surface area contributed by atoms with E-state index in [2.05, 4.69) is 9.97 Å². The Morgan fingerprint density at radius 2 is 2.14 bits per heavy atom. The monoisotopic (exact) mass is 204 g/mol. The summed E-state index contributed by atoms with van der Waals surface area (Å²) in [5.74, 6) is 0. The van der Waals surface area contributed by atoms with Crippen molar-refractivity contribution in [2.24, 2.45) is 0 Å². The average molecular weight is 205 g/mol. The van der Waals surface area contributed by atoms with E-state index in [0.717, 1.165) is 26.8 Å². The van der Waals surface area contributed by atoms with Gasteiger partial charge < -0.3 is 4.98 Å². The van der Waals surface area contributed by atoms with Gasteiger partial charge >= 0.3 is 0 Å². The van der Waals surface area contributed by atoms with Crippen molar-refractivity contribution in [3.05, 3.63) is 41.7 Å². The van der Waals surface area contributed by atoms with Crippen LogP contribution in [-0.2, 0) is 0 Å². The van der Waals surface area contributed by atoms with E-state index in [1.807, 2.05) is 30.5 Å². The maximum atomic E-state index is 5.95. The number of hydrogen-bond donors (Lipinski definition) is 1. The first-order chi connectivity index (χ1) is 6.84. The molecule has 0 atom stereocenters. The minimum Gasteiger partial charge on any atom is -0.353 e. The van der Waals surface area contributed by atoms with Crippen LogP contribution in [0.3, 0.4) is 0 Å². The highest BCUT2D eigenvalue weighted by Gasteiger charge is 2.03. The maximum Gasteiger partial charge on any atom is 0.0651 e. The number of aromatic amines is 1. The van der Waals surface area contributed by atoms with Gasteiger partial charge in [-0.1, -0.05) is 11.6 Å². The smallest absolute Gasteiger partial charge is 0.0651 e. The highest BCUT2D eigenvalue weighted by molar-refractivity contribution is 6.31. The Bertz CT molecular complexity index is 613. The lowest BCUT2D eigenvalue weighted by Gasteiger charge is -1.90. The number of aromatic nitrogens is 2. The van der Waals surface area contributed by atoms with Crippen LogP contribution in [0.1, 0.15) is 0 Å². The van der Waals surface area contributed by atoms with Gasteiger partial charge in [0.1, 0.15) is 0 Å². The number of nitrogens with one attached hydrogen (secondary N) is 1. The predicted octanol–water partition coefficient (Wildman–Crippen LogP) is 3.37. The summed E-state index contributed by atoms with van der Waals surface area (Å²) in [6.45, 7) is 0. The SMILES string of the molecule is Clc1ccc2[nH]c3[14cH]nccc3c2c1. The van der Waals surface area contributed by atoms with Gasteiger partial charge in [-0.15, -0.1) is 0 Å². The van der Waals surface area contributed by atoms with Crippen molar-refractivity contribution in [2.45, 2.75) is 0 Å². The fraction of sp³-hybridized carbons (Fsp3) is 0. The lowest BCUT2D eigenvalue weighted by molar-refractivity contribution is 1.35. The van der Waals surface area contributed by atoms with Gasteiger partial charge in [0.05, 0.1) is 11.7 Å². The molecule has 0 unspecified atom stereocenters. The summed E-state index contributed by atoms with van der Waals surface area (Å²) in [4.78, 5) is 7.35. The Hall–Kier alpha value is -1.54. The number of halogens is 1. The molecule has 0 aliphatic heterocycles. The van der Waals surface area contributed by atoms with Crippen LogP contribution in [0.15, 0.2) is 36.7 Å². The lowest BCUT2D eigenvalue weighted by atomic mass is 10.2. The summed E-state index contributed by atoms with van der Waals surface area (Å²) in [6.07, 6.45) is 3.61. The fourth-order valence-corrected chi connectivity index (χ4v) is 1.89. The van der Waals surface area contributed by atoms with Gasteiger partial charge in [-0.3, -0.25) is 4.98 Å². The van der Waals surface area contributed by atoms with Gasteiger partial charge in [0, 0.05) is 27.5 Å². The third-order valence-corrected chi connectivity index (χ3v) is 2.60. The normalized spacial score (nSPS) is 11.2. The molecule has 0 fully saturated rings. The van der Waals surface area contributed by atoms with Crippen molar-refractivity contribution in [3.63, 3.8) is 0 Å². The van der Waals surface area contributed by atoms with Gasteiger partial charge in [-0.2, -0.15) is 0 Å². The minimum atomic E-state index is 0.759. The van der Waals surface area contributed by atoms with E-state index in [9.17, 15) is 0 Å². The third-order valence-electron chi connectivity index (χ3n) is 2.36. The molecule has 3 heteroatoms. The Morgan fingerprint density at radius 3 is 3.07 bits per heavy atom. The molecule has 3 aromatic rings. The predicted molar refractivity (Wildman–Crippen MR) is 58.6 cm³/mol. The van der Waals surface area contributed by atoms with E-state index in [0.29, 0.717) is 0 Å². The molecule has 14 heavy (non-hydrogen) atoms. The molecule has 1 N–H and O–H groups in total. The van der Waals surface area contributed by atoms with E-state index in [4.69, 9.17) is 11.6 Å². The van der Waals surface area contributed by atoms with Crippen LogP contribution in [-0.4, -0.2) is 9.97 Å².